The van der Waals surface area contributed by atoms with Crippen molar-refractivity contribution in [2.75, 3.05) is 58.5 Å². The zero-order valence-corrected chi connectivity index (χ0v) is 26.6. The second-order valence-corrected chi connectivity index (χ2v) is 10.8. The monoisotopic (exact) mass is 629 g/mol. The van der Waals surface area contributed by atoms with Crippen LogP contribution in [0.2, 0.25) is 0 Å². The number of hydrogen-bond acceptors (Lipinski definition) is 10. The number of aromatic amines is 1. The Labute approximate surface area is 268 Å². The molecule has 0 fully saturated rings. The van der Waals surface area contributed by atoms with Crippen LogP contribution in [0.15, 0.2) is 49.1 Å². The van der Waals surface area contributed by atoms with Crippen molar-refractivity contribution in [2.45, 2.75) is 39.8 Å². The van der Waals surface area contributed by atoms with Gasteiger partial charge in [0.2, 0.25) is 5.91 Å². The fourth-order valence-corrected chi connectivity index (χ4v) is 5.39. The highest BCUT2D eigenvalue weighted by molar-refractivity contribution is 5.99. The van der Waals surface area contributed by atoms with E-state index < -0.39 is 0 Å². The highest BCUT2D eigenvalue weighted by atomic mass is 16.5. The van der Waals surface area contributed by atoms with Gasteiger partial charge >= 0.3 is 0 Å². The molecular formula is C33H43N9O4. The second kappa shape index (κ2) is 16.2. The molecule has 1 amide bonds. The van der Waals surface area contributed by atoms with Crippen LogP contribution in [0.5, 0.6) is 0 Å². The maximum absolute atomic E-state index is 12.1. The van der Waals surface area contributed by atoms with Crippen LogP contribution in [0.25, 0.3) is 33.3 Å². The number of pyridine rings is 1. The lowest BCUT2D eigenvalue weighted by molar-refractivity contribution is -0.131. The molecule has 0 saturated heterocycles. The van der Waals surface area contributed by atoms with Gasteiger partial charge in [0, 0.05) is 56.0 Å². The lowest BCUT2D eigenvalue weighted by atomic mass is 9.97. The number of anilines is 1. The second-order valence-electron chi connectivity index (χ2n) is 10.8. The topological polar surface area (TPSA) is 172 Å². The third-order valence-corrected chi connectivity index (χ3v) is 7.71. The number of rotatable bonds is 13. The Morgan fingerprint density at radius 3 is 2.57 bits per heavy atom. The van der Waals surface area contributed by atoms with Crippen molar-refractivity contribution in [2.24, 2.45) is 5.73 Å². The van der Waals surface area contributed by atoms with Crippen LogP contribution in [0, 0.1) is 0 Å². The summed E-state index contributed by atoms with van der Waals surface area (Å²) in [6.07, 6.45) is 6.53. The van der Waals surface area contributed by atoms with Gasteiger partial charge in [-0.3, -0.25) is 4.79 Å². The average Bonchev–Trinajstić information content (AvgIpc) is 3.71. The van der Waals surface area contributed by atoms with Crippen LogP contribution in [0.4, 0.5) is 5.82 Å². The van der Waals surface area contributed by atoms with Gasteiger partial charge < -0.3 is 35.6 Å². The first-order valence-corrected chi connectivity index (χ1v) is 15.7. The van der Waals surface area contributed by atoms with Crippen molar-refractivity contribution in [1.82, 2.24) is 34.6 Å². The van der Waals surface area contributed by atoms with E-state index in [4.69, 9.17) is 30.8 Å². The Hall–Kier alpha value is -4.43. The number of H-pyrrole nitrogens is 1. The standard InChI is InChI=1S/C25H24N8O.C8H19NO3/c1-2-20(34)32-8-6-16-9-15(3-4-18(16)13-32)12-33-25-21(23(26)29-14-30-25)22(31-33)19-10-17-5-7-27-24(17)28-11-19;1-2-10-5-6-12-8-7-11-4-3-9/h3-5,7,9-11,14H,2,6,8,12-13H2,1H3,(H,27,28)(H2,26,29,30);2-9H2,1H3. The number of carbonyl (C=O) groups is 1. The fraction of sp³-hybridized carbons (Fsp3) is 0.424. The summed E-state index contributed by atoms with van der Waals surface area (Å²) >= 11 is 0. The normalized spacial score (nSPS) is 12.7. The van der Waals surface area contributed by atoms with Crippen LogP contribution >= 0.6 is 0 Å². The summed E-state index contributed by atoms with van der Waals surface area (Å²) in [5.74, 6) is 0.599. The molecule has 1 aromatic carbocycles. The molecule has 1 aliphatic heterocycles. The van der Waals surface area contributed by atoms with Gasteiger partial charge in [0.15, 0.2) is 5.65 Å². The van der Waals surface area contributed by atoms with E-state index in [1.807, 2.05) is 41.8 Å². The molecule has 0 spiro atoms. The smallest absolute Gasteiger partial charge is 0.222 e. The number of ether oxygens (including phenoxy) is 3. The van der Waals surface area contributed by atoms with Crippen molar-refractivity contribution in [1.29, 1.82) is 0 Å². The van der Waals surface area contributed by atoms with E-state index in [0.717, 1.165) is 52.8 Å². The SMILES string of the molecule is CCC(=O)N1CCc2cc(Cn3nc(-c4cnc5[nH]ccc5c4)c4c(N)ncnc43)ccc2C1.CCOCCOCCOCCN. The number of nitrogens with zero attached hydrogens (tertiary/aromatic N) is 6. The van der Waals surface area contributed by atoms with Gasteiger partial charge in [0.1, 0.15) is 23.5 Å². The van der Waals surface area contributed by atoms with Crippen molar-refractivity contribution in [3.05, 3.63) is 65.7 Å². The predicted octanol–water partition coefficient (Wildman–Crippen LogP) is 3.31. The maximum atomic E-state index is 12.1. The molecule has 1 aliphatic rings. The summed E-state index contributed by atoms with van der Waals surface area (Å²) in [5.41, 5.74) is 18.2. The molecule has 6 rings (SSSR count). The van der Waals surface area contributed by atoms with Crippen molar-refractivity contribution < 1.29 is 19.0 Å². The molecule has 0 saturated carbocycles. The highest BCUT2D eigenvalue weighted by Gasteiger charge is 2.21. The summed E-state index contributed by atoms with van der Waals surface area (Å²) in [7, 11) is 0. The largest absolute Gasteiger partial charge is 0.383 e. The Kier molecular flexibility index (Phi) is 11.6. The van der Waals surface area contributed by atoms with Gasteiger partial charge in [0.05, 0.1) is 45.0 Å². The molecule has 5 aromatic rings. The number of nitrogen functional groups attached to an aromatic ring is 1. The molecule has 4 aromatic heterocycles. The van der Waals surface area contributed by atoms with Gasteiger partial charge in [-0.1, -0.05) is 25.1 Å². The van der Waals surface area contributed by atoms with E-state index in [1.165, 1.54) is 17.5 Å². The number of aromatic nitrogens is 6. The number of amides is 1. The number of benzene rings is 1. The minimum atomic E-state index is 0.204. The lowest BCUT2D eigenvalue weighted by Gasteiger charge is -2.29. The molecule has 244 valence electrons. The van der Waals surface area contributed by atoms with Gasteiger partial charge in [-0.25, -0.2) is 19.6 Å². The molecule has 46 heavy (non-hydrogen) atoms. The number of fused-ring (bicyclic) bond motifs is 3. The summed E-state index contributed by atoms with van der Waals surface area (Å²) in [4.78, 5) is 30.4. The summed E-state index contributed by atoms with van der Waals surface area (Å²) in [6.45, 7) is 10.3. The third kappa shape index (κ3) is 8.04. The van der Waals surface area contributed by atoms with Crippen LogP contribution in [0.3, 0.4) is 0 Å². The molecule has 13 nitrogen and oxygen atoms in total. The number of carbonyl (C=O) groups excluding carboxylic acids is 1. The van der Waals surface area contributed by atoms with E-state index in [2.05, 4.69) is 38.1 Å². The number of nitrogens with one attached hydrogen (secondary N) is 1. The zero-order chi connectivity index (χ0) is 32.3. The van der Waals surface area contributed by atoms with E-state index in [0.29, 0.717) is 70.6 Å². The Morgan fingerprint density at radius 2 is 1.78 bits per heavy atom. The summed E-state index contributed by atoms with van der Waals surface area (Å²) < 4.78 is 17.2. The molecule has 13 heteroatoms. The molecule has 5 heterocycles. The summed E-state index contributed by atoms with van der Waals surface area (Å²) in [6, 6.07) is 10.5. The Balaban J connectivity index is 0.000000298. The quantitative estimate of drug-likeness (QED) is 0.164. The highest BCUT2D eigenvalue weighted by Crippen LogP contribution is 2.31. The van der Waals surface area contributed by atoms with E-state index >= 15 is 0 Å². The van der Waals surface area contributed by atoms with Gasteiger partial charge in [-0.05, 0) is 42.2 Å². The first kappa shape index (κ1) is 32.9. The number of nitrogens with two attached hydrogens (primary N) is 2. The summed E-state index contributed by atoms with van der Waals surface area (Å²) in [5, 5.41) is 6.62. The van der Waals surface area contributed by atoms with E-state index in [9.17, 15) is 4.79 Å². The molecule has 0 unspecified atom stereocenters. The van der Waals surface area contributed by atoms with Crippen LogP contribution < -0.4 is 11.5 Å². The third-order valence-electron chi connectivity index (χ3n) is 7.71. The van der Waals surface area contributed by atoms with Gasteiger partial charge in [-0.2, -0.15) is 5.10 Å². The van der Waals surface area contributed by atoms with Crippen LogP contribution in [0.1, 0.15) is 37.0 Å². The van der Waals surface area contributed by atoms with Gasteiger partial charge in [0.25, 0.3) is 0 Å². The lowest BCUT2D eigenvalue weighted by Crippen LogP contribution is -2.35. The Morgan fingerprint density at radius 1 is 0.978 bits per heavy atom. The van der Waals surface area contributed by atoms with Crippen molar-refractivity contribution >= 4 is 33.8 Å². The van der Waals surface area contributed by atoms with Crippen molar-refractivity contribution in [3.63, 3.8) is 0 Å². The first-order valence-electron chi connectivity index (χ1n) is 15.7. The molecule has 0 bridgehead atoms. The zero-order valence-electron chi connectivity index (χ0n) is 26.6. The molecular weight excluding hydrogens is 586 g/mol. The maximum Gasteiger partial charge on any atom is 0.222 e. The molecule has 5 N–H and O–H groups in total. The molecule has 0 radical (unpaired) electrons. The van der Waals surface area contributed by atoms with Crippen LogP contribution in [-0.4, -0.2) is 93.3 Å². The number of hydrogen-bond donors (Lipinski definition) is 3. The fourth-order valence-electron chi connectivity index (χ4n) is 5.39. The van der Waals surface area contributed by atoms with E-state index in [1.54, 1.807) is 6.20 Å². The molecule has 0 aliphatic carbocycles. The first-order chi connectivity index (χ1) is 22.5. The van der Waals surface area contributed by atoms with Gasteiger partial charge in [-0.15, -0.1) is 0 Å². The molecule has 0 atom stereocenters. The van der Waals surface area contributed by atoms with Crippen molar-refractivity contribution in [3.8, 4) is 11.3 Å². The minimum Gasteiger partial charge on any atom is -0.383 e. The minimum absolute atomic E-state index is 0.204. The van der Waals surface area contributed by atoms with E-state index in [-0.39, 0.29) is 5.91 Å². The predicted molar refractivity (Wildman–Crippen MR) is 177 cm³/mol. The van der Waals surface area contributed by atoms with Crippen LogP contribution in [-0.2, 0) is 38.5 Å². The Bertz CT molecular complexity index is 1730. The average molecular weight is 630 g/mol.